The van der Waals surface area contributed by atoms with Gasteiger partial charge in [0.2, 0.25) is 0 Å². The summed E-state index contributed by atoms with van der Waals surface area (Å²) in [6.07, 6.45) is 2.36. The van der Waals surface area contributed by atoms with Gasteiger partial charge < -0.3 is 15.4 Å². The molecule has 1 aliphatic carbocycles. The van der Waals surface area contributed by atoms with Crippen LogP contribution in [0, 0.1) is 5.92 Å². The van der Waals surface area contributed by atoms with Crippen molar-refractivity contribution in [2.75, 3.05) is 11.9 Å². The number of carbonyl (C=O) groups is 2. The van der Waals surface area contributed by atoms with Gasteiger partial charge in [0, 0.05) is 22.8 Å². The van der Waals surface area contributed by atoms with E-state index in [1.165, 1.54) is 18.3 Å². The van der Waals surface area contributed by atoms with Crippen LogP contribution in [0.3, 0.4) is 0 Å². The number of rotatable bonds is 6. The number of carbonyl (C=O) groups excluding carboxylic acids is 2. The number of urea groups is 1. The molecule has 1 aliphatic heterocycles. The molecule has 0 fully saturated rings. The lowest BCUT2D eigenvalue weighted by Crippen LogP contribution is -2.31. The zero-order chi connectivity index (χ0) is 28.0. The van der Waals surface area contributed by atoms with E-state index in [-0.39, 0.29) is 22.9 Å². The molecule has 0 aromatic carbocycles. The second kappa shape index (κ2) is 10.7. The molecule has 0 bridgehead atoms. The summed E-state index contributed by atoms with van der Waals surface area (Å²) >= 11 is 2.48. The molecule has 3 N–H and O–H groups in total. The molecule has 38 heavy (non-hydrogen) atoms. The molecule has 0 saturated heterocycles. The van der Waals surface area contributed by atoms with Gasteiger partial charge in [-0.05, 0) is 87.6 Å². The SMILES string of the molecule is C=C(C)C(F)(F)c1sc2c(c1CNC(=O)Nc1sc3c(c1C(=O)OC(C)(C)C)CC(C)CC3C)CCNC2. The van der Waals surface area contributed by atoms with Gasteiger partial charge in [-0.25, -0.2) is 9.59 Å². The molecule has 2 unspecified atom stereocenters. The number of alkyl halides is 2. The lowest BCUT2D eigenvalue weighted by Gasteiger charge is -2.25. The van der Waals surface area contributed by atoms with Crippen LogP contribution in [0.2, 0.25) is 0 Å². The minimum atomic E-state index is -3.18. The third kappa shape index (κ3) is 5.82. The van der Waals surface area contributed by atoms with Crippen molar-refractivity contribution in [3.63, 3.8) is 0 Å². The van der Waals surface area contributed by atoms with Gasteiger partial charge in [-0.15, -0.1) is 22.7 Å². The first-order valence-corrected chi connectivity index (χ1v) is 14.6. The maximum atomic E-state index is 15.1. The van der Waals surface area contributed by atoms with Crippen molar-refractivity contribution in [2.24, 2.45) is 5.92 Å². The Balaban J connectivity index is 1.60. The van der Waals surface area contributed by atoms with Crippen LogP contribution in [0.5, 0.6) is 0 Å². The van der Waals surface area contributed by atoms with Crippen LogP contribution in [-0.2, 0) is 36.6 Å². The monoisotopic (exact) mass is 565 g/mol. The number of amides is 2. The van der Waals surface area contributed by atoms with Gasteiger partial charge in [0.05, 0.1) is 10.4 Å². The molecule has 2 aromatic heterocycles. The quantitative estimate of drug-likeness (QED) is 0.258. The van der Waals surface area contributed by atoms with E-state index in [0.717, 1.165) is 45.1 Å². The molecule has 0 saturated carbocycles. The fourth-order valence-electron chi connectivity index (χ4n) is 5.21. The molecule has 2 atom stereocenters. The Morgan fingerprint density at radius 3 is 2.55 bits per heavy atom. The van der Waals surface area contributed by atoms with Gasteiger partial charge in [-0.2, -0.15) is 8.78 Å². The number of allylic oxidation sites excluding steroid dienone is 1. The normalized spacial score (nSPS) is 19.4. The Morgan fingerprint density at radius 2 is 1.89 bits per heavy atom. The van der Waals surface area contributed by atoms with Crippen LogP contribution < -0.4 is 16.0 Å². The highest BCUT2D eigenvalue weighted by Gasteiger charge is 2.39. The molecule has 2 amide bonds. The third-order valence-corrected chi connectivity index (χ3v) is 9.63. The summed E-state index contributed by atoms with van der Waals surface area (Å²) in [6, 6.07) is -0.549. The summed E-state index contributed by atoms with van der Waals surface area (Å²) < 4.78 is 35.9. The van der Waals surface area contributed by atoms with Crippen LogP contribution in [-0.4, -0.2) is 24.1 Å². The molecule has 2 aliphatic rings. The summed E-state index contributed by atoms with van der Waals surface area (Å²) in [5.41, 5.74) is 1.75. The predicted molar refractivity (Wildman–Crippen MR) is 150 cm³/mol. The number of fused-ring (bicyclic) bond motifs is 2. The van der Waals surface area contributed by atoms with Crippen LogP contribution in [0.15, 0.2) is 12.2 Å². The number of hydrogen-bond donors (Lipinski definition) is 3. The van der Waals surface area contributed by atoms with Gasteiger partial charge in [-0.1, -0.05) is 20.4 Å². The minimum Gasteiger partial charge on any atom is -0.456 e. The van der Waals surface area contributed by atoms with E-state index < -0.39 is 23.5 Å². The Hall–Kier alpha value is -2.30. The maximum Gasteiger partial charge on any atom is 0.341 e. The highest BCUT2D eigenvalue weighted by molar-refractivity contribution is 7.17. The molecular weight excluding hydrogens is 528 g/mol. The number of esters is 1. The third-order valence-electron chi connectivity index (χ3n) is 6.91. The van der Waals surface area contributed by atoms with Crippen molar-refractivity contribution in [2.45, 2.75) is 91.3 Å². The van der Waals surface area contributed by atoms with E-state index in [1.807, 2.05) is 20.8 Å². The lowest BCUT2D eigenvalue weighted by atomic mass is 9.82. The number of anilines is 1. The predicted octanol–water partition coefficient (Wildman–Crippen LogP) is 7.09. The highest BCUT2D eigenvalue weighted by Crippen LogP contribution is 2.46. The molecular formula is C28H37F2N3O3S2. The fraction of sp³-hybridized carbons (Fsp3) is 0.571. The summed E-state index contributed by atoms with van der Waals surface area (Å²) in [5.74, 6) is -2.98. The number of hydrogen-bond acceptors (Lipinski definition) is 6. The van der Waals surface area contributed by atoms with Gasteiger partial charge >= 0.3 is 17.9 Å². The van der Waals surface area contributed by atoms with Crippen molar-refractivity contribution in [3.8, 4) is 0 Å². The van der Waals surface area contributed by atoms with Crippen molar-refractivity contribution >= 4 is 39.7 Å². The second-order valence-corrected chi connectivity index (χ2v) is 13.7. The first kappa shape index (κ1) is 28.7. The highest BCUT2D eigenvalue weighted by atomic mass is 32.1. The van der Waals surface area contributed by atoms with Gasteiger partial charge in [-0.3, -0.25) is 5.32 Å². The molecule has 4 rings (SSSR count). The Bertz CT molecular complexity index is 1260. The van der Waals surface area contributed by atoms with E-state index in [4.69, 9.17) is 4.74 Å². The zero-order valence-corrected chi connectivity index (χ0v) is 24.5. The standard InChI is InChI=1S/C28H37F2N3O3S2/c1-14(2)28(29,30)23-19(17-8-9-31-13-20(17)37-23)12-32-26(35)33-24-21(25(34)36-27(5,6)7)18-11-15(3)10-16(4)22(18)38-24/h15-16,31H,1,8-13H2,2-7H3,(H2,32,33,35). The summed E-state index contributed by atoms with van der Waals surface area (Å²) in [5, 5.41) is 9.29. The minimum absolute atomic E-state index is 0.0455. The van der Waals surface area contributed by atoms with Crippen LogP contribution in [0.4, 0.5) is 18.6 Å². The summed E-state index contributed by atoms with van der Waals surface area (Å²) in [6.45, 7) is 15.7. The maximum absolute atomic E-state index is 15.1. The topological polar surface area (TPSA) is 79.5 Å². The second-order valence-electron chi connectivity index (χ2n) is 11.5. The van der Waals surface area contributed by atoms with Crippen LogP contribution >= 0.6 is 22.7 Å². The number of thiophene rings is 2. The lowest BCUT2D eigenvalue weighted by molar-refractivity contribution is 0.00695. The molecule has 208 valence electrons. The van der Waals surface area contributed by atoms with E-state index >= 15 is 8.78 Å². The first-order chi connectivity index (χ1) is 17.7. The molecule has 2 aromatic rings. The number of ether oxygens (including phenoxy) is 1. The zero-order valence-electron chi connectivity index (χ0n) is 22.9. The largest absolute Gasteiger partial charge is 0.456 e. The van der Waals surface area contributed by atoms with E-state index in [1.54, 1.807) is 0 Å². The smallest absolute Gasteiger partial charge is 0.341 e. The fourth-order valence-corrected chi connectivity index (χ4v) is 7.88. The number of halogens is 2. The van der Waals surface area contributed by atoms with Crippen molar-refractivity contribution in [1.29, 1.82) is 0 Å². The van der Waals surface area contributed by atoms with E-state index in [2.05, 4.69) is 36.4 Å². The van der Waals surface area contributed by atoms with Crippen LogP contribution in [0.25, 0.3) is 0 Å². The molecule has 3 heterocycles. The summed E-state index contributed by atoms with van der Waals surface area (Å²) in [4.78, 5) is 28.2. The van der Waals surface area contributed by atoms with Gasteiger partial charge in [0.25, 0.3) is 0 Å². The average Bonchev–Trinajstić information content (AvgIpc) is 3.35. The molecule has 0 radical (unpaired) electrons. The molecule has 0 spiro atoms. The summed E-state index contributed by atoms with van der Waals surface area (Å²) in [7, 11) is 0. The average molecular weight is 566 g/mol. The molecule has 6 nitrogen and oxygen atoms in total. The van der Waals surface area contributed by atoms with Crippen LogP contribution in [0.1, 0.15) is 95.6 Å². The van der Waals surface area contributed by atoms with E-state index in [9.17, 15) is 9.59 Å². The van der Waals surface area contributed by atoms with Crippen molar-refractivity contribution < 1.29 is 23.1 Å². The number of nitrogens with one attached hydrogen (secondary N) is 3. The van der Waals surface area contributed by atoms with Crippen molar-refractivity contribution in [3.05, 3.63) is 49.0 Å². The first-order valence-electron chi connectivity index (χ1n) is 13.0. The Morgan fingerprint density at radius 1 is 1.18 bits per heavy atom. The Labute approximate surface area is 231 Å². The molecule has 10 heteroatoms. The van der Waals surface area contributed by atoms with Crippen molar-refractivity contribution in [1.82, 2.24) is 10.6 Å². The van der Waals surface area contributed by atoms with Gasteiger partial charge in [0.1, 0.15) is 10.6 Å². The Kier molecular flexibility index (Phi) is 8.08. The van der Waals surface area contributed by atoms with E-state index in [0.29, 0.717) is 41.6 Å². The van der Waals surface area contributed by atoms with Gasteiger partial charge in [0.15, 0.2) is 0 Å².